The Morgan fingerprint density at radius 3 is 2.44 bits per heavy atom. The molecule has 0 fully saturated rings. The van der Waals surface area contributed by atoms with E-state index in [1.807, 2.05) is 36.4 Å². The Balaban J connectivity index is 1.66. The normalized spacial score (nSPS) is 11.1. The predicted molar refractivity (Wildman–Crippen MR) is 102 cm³/mol. The monoisotopic (exact) mass is 383 g/mol. The van der Waals surface area contributed by atoms with Crippen molar-refractivity contribution in [2.45, 2.75) is 4.90 Å². The second-order valence-electron chi connectivity index (χ2n) is 5.95. The molecule has 0 heterocycles. The van der Waals surface area contributed by atoms with Gasteiger partial charge in [-0.15, -0.1) is 0 Å². The van der Waals surface area contributed by atoms with Crippen molar-refractivity contribution in [3.05, 3.63) is 72.3 Å². The van der Waals surface area contributed by atoms with Crippen LogP contribution < -0.4 is 5.32 Å². The average molecular weight is 383 g/mol. The smallest absolute Gasteiger partial charge is 0.338 e. The molecule has 0 aliphatic carbocycles. The number of carbonyl (C=O) groups is 2. The van der Waals surface area contributed by atoms with Crippen LogP contribution in [-0.2, 0) is 19.4 Å². The van der Waals surface area contributed by atoms with Gasteiger partial charge in [-0.05, 0) is 29.7 Å². The largest absolute Gasteiger partial charge is 0.452 e. The van der Waals surface area contributed by atoms with Gasteiger partial charge in [-0.2, -0.15) is 0 Å². The number of esters is 1. The molecule has 1 N–H and O–H groups in total. The fourth-order valence-electron chi connectivity index (χ4n) is 2.59. The van der Waals surface area contributed by atoms with Gasteiger partial charge in [0.05, 0.1) is 10.5 Å². The highest BCUT2D eigenvalue weighted by atomic mass is 32.2. The van der Waals surface area contributed by atoms with E-state index in [0.29, 0.717) is 5.69 Å². The van der Waals surface area contributed by atoms with Gasteiger partial charge in [-0.1, -0.05) is 42.5 Å². The summed E-state index contributed by atoms with van der Waals surface area (Å²) in [6.07, 6.45) is 1.05. The first-order valence-electron chi connectivity index (χ1n) is 8.09. The minimum atomic E-state index is -3.44. The van der Waals surface area contributed by atoms with Crippen LogP contribution >= 0.6 is 0 Å². The van der Waals surface area contributed by atoms with Gasteiger partial charge in [-0.3, -0.25) is 4.79 Å². The van der Waals surface area contributed by atoms with Gasteiger partial charge < -0.3 is 10.1 Å². The molecule has 0 unspecified atom stereocenters. The maximum atomic E-state index is 12.1. The van der Waals surface area contributed by atoms with Crippen molar-refractivity contribution in [2.75, 3.05) is 18.2 Å². The van der Waals surface area contributed by atoms with Crippen LogP contribution in [0.2, 0.25) is 0 Å². The van der Waals surface area contributed by atoms with Gasteiger partial charge in [0, 0.05) is 17.3 Å². The lowest BCUT2D eigenvalue weighted by Crippen LogP contribution is -2.21. The number of fused-ring (bicyclic) bond motifs is 1. The van der Waals surface area contributed by atoms with Crippen LogP contribution in [0.25, 0.3) is 10.8 Å². The van der Waals surface area contributed by atoms with Gasteiger partial charge in [0.25, 0.3) is 5.91 Å². The SMILES string of the molecule is CS(=O)(=O)c1cccc(C(=O)OCC(=O)Nc2cccc3ccccc23)c1. The molecule has 0 saturated heterocycles. The molecule has 0 radical (unpaired) electrons. The molecule has 0 aromatic heterocycles. The third-order valence-corrected chi connectivity index (χ3v) is 5.01. The molecular formula is C20H17NO5S. The van der Waals surface area contributed by atoms with Crippen molar-refractivity contribution in [1.82, 2.24) is 0 Å². The number of anilines is 1. The van der Waals surface area contributed by atoms with Crippen molar-refractivity contribution in [3.63, 3.8) is 0 Å². The van der Waals surface area contributed by atoms with E-state index in [1.54, 1.807) is 6.07 Å². The number of hydrogen-bond donors (Lipinski definition) is 1. The maximum absolute atomic E-state index is 12.1. The van der Waals surface area contributed by atoms with Gasteiger partial charge in [0.15, 0.2) is 16.4 Å². The zero-order chi connectivity index (χ0) is 19.4. The molecule has 0 aliphatic rings. The summed E-state index contributed by atoms with van der Waals surface area (Å²) in [5.41, 5.74) is 0.684. The van der Waals surface area contributed by atoms with Crippen molar-refractivity contribution >= 4 is 38.2 Å². The summed E-state index contributed by atoms with van der Waals surface area (Å²) in [5, 5.41) is 4.57. The molecule has 0 bridgehead atoms. The summed E-state index contributed by atoms with van der Waals surface area (Å²) >= 11 is 0. The number of amides is 1. The fourth-order valence-corrected chi connectivity index (χ4v) is 3.26. The van der Waals surface area contributed by atoms with E-state index in [0.717, 1.165) is 17.0 Å². The van der Waals surface area contributed by atoms with Crippen LogP contribution in [-0.4, -0.2) is 33.2 Å². The van der Waals surface area contributed by atoms with Gasteiger partial charge >= 0.3 is 5.97 Å². The lowest BCUT2D eigenvalue weighted by Gasteiger charge is -2.09. The number of carbonyl (C=O) groups excluding carboxylic acids is 2. The minimum Gasteiger partial charge on any atom is -0.452 e. The Kier molecular flexibility index (Phi) is 5.23. The summed E-state index contributed by atoms with van der Waals surface area (Å²) in [4.78, 5) is 24.2. The molecule has 3 aromatic rings. The van der Waals surface area contributed by atoms with Gasteiger partial charge in [0.2, 0.25) is 0 Å². The summed E-state index contributed by atoms with van der Waals surface area (Å²) < 4.78 is 28.1. The number of nitrogens with one attached hydrogen (secondary N) is 1. The molecule has 138 valence electrons. The molecule has 0 saturated carbocycles. The lowest BCUT2D eigenvalue weighted by molar-refractivity contribution is -0.119. The first kappa shape index (κ1) is 18.6. The third kappa shape index (κ3) is 4.51. The van der Waals surface area contributed by atoms with Crippen LogP contribution in [0.4, 0.5) is 5.69 Å². The lowest BCUT2D eigenvalue weighted by atomic mass is 10.1. The summed E-state index contributed by atoms with van der Waals surface area (Å²) in [7, 11) is -3.44. The maximum Gasteiger partial charge on any atom is 0.338 e. The van der Waals surface area contributed by atoms with Crippen LogP contribution in [0.15, 0.2) is 71.6 Å². The highest BCUT2D eigenvalue weighted by Crippen LogP contribution is 2.22. The van der Waals surface area contributed by atoms with E-state index in [2.05, 4.69) is 5.32 Å². The Morgan fingerprint density at radius 2 is 1.67 bits per heavy atom. The molecule has 7 heteroatoms. The van der Waals surface area contributed by atoms with Crippen LogP contribution in [0.3, 0.4) is 0 Å². The molecule has 27 heavy (non-hydrogen) atoms. The first-order chi connectivity index (χ1) is 12.8. The Morgan fingerprint density at radius 1 is 0.963 bits per heavy atom. The first-order valence-corrected chi connectivity index (χ1v) is 9.98. The van der Waals surface area contributed by atoms with Crippen LogP contribution in [0.5, 0.6) is 0 Å². The third-order valence-electron chi connectivity index (χ3n) is 3.90. The van der Waals surface area contributed by atoms with Crippen molar-refractivity contribution in [3.8, 4) is 0 Å². The molecule has 3 rings (SSSR count). The van der Waals surface area contributed by atoms with E-state index in [-0.39, 0.29) is 10.5 Å². The predicted octanol–water partition coefficient (Wildman–Crippen LogP) is 3.04. The highest BCUT2D eigenvalue weighted by Gasteiger charge is 2.14. The Bertz CT molecular complexity index is 1120. The van der Waals surface area contributed by atoms with Crippen LogP contribution in [0.1, 0.15) is 10.4 Å². The molecule has 0 spiro atoms. The molecule has 3 aromatic carbocycles. The fraction of sp³-hybridized carbons (Fsp3) is 0.100. The second kappa shape index (κ2) is 7.59. The Labute approximate surface area is 156 Å². The molecular weight excluding hydrogens is 366 g/mol. The van der Waals surface area contributed by atoms with E-state index >= 15 is 0 Å². The summed E-state index contributed by atoms with van der Waals surface area (Å²) in [6, 6.07) is 18.6. The topological polar surface area (TPSA) is 89.5 Å². The van der Waals surface area contributed by atoms with Gasteiger partial charge in [-0.25, -0.2) is 13.2 Å². The highest BCUT2D eigenvalue weighted by molar-refractivity contribution is 7.90. The standard InChI is InChI=1S/C20H17NO5S/c1-27(24,25)16-9-4-8-15(12-16)20(23)26-13-19(22)21-18-11-5-7-14-6-2-3-10-17(14)18/h2-12H,13H2,1H3,(H,21,22). The van der Waals surface area contributed by atoms with E-state index < -0.39 is 28.3 Å². The summed E-state index contributed by atoms with van der Waals surface area (Å²) in [5.74, 6) is -1.26. The van der Waals surface area contributed by atoms with E-state index in [1.165, 1.54) is 24.3 Å². The quantitative estimate of drug-likeness (QED) is 0.684. The minimum absolute atomic E-state index is 0.0113. The molecule has 6 nitrogen and oxygen atoms in total. The number of ether oxygens (including phenoxy) is 1. The number of benzene rings is 3. The van der Waals surface area contributed by atoms with Crippen molar-refractivity contribution in [2.24, 2.45) is 0 Å². The Hall–Kier alpha value is -3.19. The van der Waals surface area contributed by atoms with E-state index in [4.69, 9.17) is 4.74 Å². The van der Waals surface area contributed by atoms with Crippen molar-refractivity contribution < 1.29 is 22.7 Å². The number of rotatable bonds is 5. The number of hydrogen-bond acceptors (Lipinski definition) is 5. The van der Waals surface area contributed by atoms with Gasteiger partial charge in [0.1, 0.15) is 0 Å². The molecule has 0 aliphatic heterocycles. The van der Waals surface area contributed by atoms with E-state index in [9.17, 15) is 18.0 Å². The zero-order valence-electron chi connectivity index (χ0n) is 14.5. The molecule has 1 amide bonds. The average Bonchev–Trinajstić information content (AvgIpc) is 2.66. The number of sulfone groups is 1. The zero-order valence-corrected chi connectivity index (χ0v) is 15.3. The van der Waals surface area contributed by atoms with Crippen LogP contribution in [0, 0.1) is 0 Å². The second-order valence-corrected chi connectivity index (χ2v) is 7.97. The van der Waals surface area contributed by atoms with Crippen molar-refractivity contribution in [1.29, 1.82) is 0 Å². The molecule has 0 atom stereocenters. The summed E-state index contributed by atoms with van der Waals surface area (Å²) in [6.45, 7) is -0.481.